The van der Waals surface area contributed by atoms with Crippen LogP contribution in [0.2, 0.25) is 0 Å². The Morgan fingerprint density at radius 3 is 2.80 bits per heavy atom. The van der Waals surface area contributed by atoms with E-state index in [1.807, 2.05) is 0 Å². The van der Waals surface area contributed by atoms with Crippen LogP contribution in [0.5, 0.6) is 0 Å². The summed E-state index contributed by atoms with van der Waals surface area (Å²) in [5.41, 5.74) is -0.900. The topological polar surface area (TPSA) is 90.5 Å². The highest BCUT2D eigenvalue weighted by atomic mass is 16.2. The van der Waals surface area contributed by atoms with Gasteiger partial charge in [-0.15, -0.1) is 0 Å². The molecule has 0 aromatic heterocycles. The van der Waals surface area contributed by atoms with Crippen molar-refractivity contribution in [2.75, 3.05) is 19.6 Å². The first-order chi connectivity index (χ1) is 9.43. The first kappa shape index (κ1) is 14.8. The molecule has 7 nitrogen and oxygen atoms in total. The molecule has 2 saturated heterocycles. The van der Waals surface area contributed by atoms with Gasteiger partial charge in [0.25, 0.3) is 5.91 Å². The summed E-state index contributed by atoms with van der Waals surface area (Å²) in [5, 5.41) is 8.14. The molecule has 1 atom stereocenters. The van der Waals surface area contributed by atoms with Gasteiger partial charge in [-0.2, -0.15) is 0 Å². The van der Waals surface area contributed by atoms with Crippen molar-refractivity contribution in [1.82, 2.24) is 20.9 Å². The highest BCUT2D eigenvalue weighted by Gasteiger charge is 2.51. The van der Waals surface area contributed by atoms with Crippen LogP contribution in [0.4, 0.5) is 4.79 Å². The highest BCUT2D eigenvalue weighted by Crippen LogP contribution is 2.25. The minimum atomic E-state index is -0.900. The average molecular weight is 282 g/mol. The van der Waals surface area contributed by atoms with Crippen LogP contribution in [0.3, 0.4) is 0 Å². The minimum absolute atomic E-state index is 0.0429. The predicted octanol–water partition coefficient (Wildman–Crippen LogP) is -0.425. The van der Waals surface area contributed by atoms with Crippen molar-refractivity contribution in [3.05, 3.63) is 0 Å². The van der Waals surface area contributed by atoms with Crippen molar-refractivity contribution in [2.45, 2.75) is 44.7 Å². The fourth-order valence-corrected chi connectivity index (χ4v) is 2.63. The third kappa shape index (κ3) is 3.09. The largest absolute Gasteiger partial charge is 0.340 e. The van der Waals surface area contributed by atoms with Crippen LogP contribution in [0, 0.1) is 0 Å². The molecule has 3 N–H and O–H groups in total. The summed E-state index contributed by atoms with van der Waals surface area (Å²) in [6.07, 6.45) is 1.73. The Balaban J connectivity index is 1.79. The van der Waals surface area contributed by atoms with Crippen molar-refractivity contribution in [3.63, 3.8) is 0 Å². The quantitative estimate of drug-likeness (QED) is 0.472. The molecule has 0 saturated carbocycles. The summed E-state index contributed by atoms with van der Waals surface area (Å²) in [5.74, 6) is -0.277. The van der Waals surface area contributed by atoms with E-state index in [0.717, 1.165) is 13.0 Å². The number of hydrogen-bond acceptors (Lipinski definition) is 4. The first-order valence-corrected chi connectivity index (χ1v) is 7.08. The van der Waals surface area contributed by atoms with Gasteiger partial charge in [-0.1, -0.05) is 13.8 Å². The van der Waals surface area contributed by atoms with Gasteiger partial charge in [0.15, 0.2) is 0 Å². The lowest BCUT2D eigenvalue weighted by Crippen LogP contribution is -2.49. The molecule has 2 heterocycles. The van der Waals surface area contributed by atoms with Crippen LogP contribution in [0.25, 0.3) is 0 Å². The Labute approximate surface area is 118 Å². The third-order valence-corrected chi connectivity index (χ3v) is 3.76. The van der Waals surface area contributed by atoms with Crippen molar-refractivity contribution in [2.24, 2.45) is 0 Å². The Bertz CT molecular complexity index is 424. The molecule has 2 rings (SSSR count). The Hall–Kier alpha value is -1.63. The van der Waals surface area contributed by atoms with Crippen LogP contribution >= 0.6 is 0 Å². The number of amides is 4. The Kier molecular flexibility index (Phi) is 4.27. The van der Waals surface area contributed by atoms with Crippen LogP contribution < -0.4 is 16.0 Å². The lowest BCUT2D eigenvalue weighted by molar-refractivity contribution is -0.130. The van der Waals surface area contributed by atoms with Gasteiger partial charge < -0.3 is 15.5 Å². The number of carbonyl (C=O) groups excluding carboxylic acids is 3. The van der Waals surface area contributed by atoms with Gasteiger partial charge in [0.05, 0.1) is 6.54 Å². The van der Waals surface area contributed by atoms with Gasteiger partial charge in [0, 0.05) is 19.0 Å². The van der Waals surface area contributed by atoms with Gasteiger partial charge >= 0.3 is 6.03 Å². The highest BCUT2D eigenvalue weighted by molar-refractivity contribution is 6.07. The fraction of sp³-hybridized carbons (Fsp3) is 0.769. The number of nitrogens with zero attached hydrogens (tertiary/aromatic N) is 1. The molecule has 1 spiro atoms. The number of likely N-dealkylation sites (tertiary alicyclic amines) is 1. The van der Waals surface area contributed by atoms with Crippen molar-refractivity contribution < 1.29 is 14.4 Å². The molecule has 2 aliphatic rings. The molecule has 0 aromatic rings. The molecule has 0 bridgehead atoms. The monoisotopic (exact) mass is 282 g/mol. The van der Waals surface area contributed by atoms with Gasteiger partial charge in [-0.25, -0.2) is 4.79 Å². The summed E-state index contributed by atoms with van der Waals surface area (Å²) >= 11 is 0. The number of rotatable bonds is 5. The third-order valence-electron chi connectivity index (χ3n) is 3.76. The maximum absolute atomic E-state index is 12.1. The molecule has 2 aliphatic heterocycles. The van der Waals surface area contributed by atoms with Gasteiger partial charge in [-0.3, -0.25) is 14.9 Å². The second-order valence-corrected chi connectivity index (χ2v) is 5.77. The summed E-state index contributed by atoms with van der Waals surface area (Å²) in [6.45, 7) is 5.73. The number of nitrogens with one attached hydrogen (secondary N) is 3. The summed E-state index contributed by atoms with van der Waals surface area (Å²) in [4.78, 5) is 36.7. The fourth-order valence-electron chi connectivity index (χ4n) is 2.63. The molecule has 7 heteroatoms. The van der Waals surface area contributed by atoms with Crippen LogP contribution in [-0.4, -0.2) is 54.0 Å². The van der Waals surface area contributed by atoms with E-state index in [1.165, 1.54) is 0 Å². The standard InChI is InChI=1S/C13H22N4O3/c1-9(2)14-6-3-4-10(18)17-7-5-13(8-17)11(19)15-12(20)16-13/h9,14H,3-8H2,1-2H3,(H2,15,16,19,20). The number of urea groups is 1. The average Bonchev–Trinajstić information content (AvgIpc) is 2.90. The van der Waals surface area contributed by atoms with E-state index in [9.17, 15) is 14.4 Å². The van der Waals surface area contributed by atoms with Gasteiger partial charge in [-0.05, 0) is 19.4 Å². The van der Waals surface area contributed by atoms with Crippen LogP contribution in [0.15, 0.2) is 0 Å². The molecule has 2 fully saturated rings. The number of carbonyl (C=O) groups is 3. The van der Waals surface area contributed by atoms with Crippen molar-refractivity contribution in [1.29, 1.82) is 0 Å². The predicted molar refractivity (Wildman–Crippen MR) is 73.0 cm³/mol. The molecule has 112 valence electrons. The zero-order chi connectivity index (χ0) is 14.8. The van der Waals surface area contributed by atoms with Crippen LogP contribution in [0.1, 0.15) is 33.1 Å². The molecule has 1 unspecified atom stereocenters. The SMILES string of the molecule is CC(C)NCCCC(=O)N1CCC2(C1)NC(=O)NC2=O. The van der Waals surface area contributed by atoms with Crippen LogP contribution in [-0.2, 0) is 9.59 Å². The zero-order valence-corrected chi connectivity index (χ0v) is 12.0. The van der Waals surface area contributed by atoms with Gasteiger partial charge in [0.1, 0.15) is 5.54 Å². The molecule has 0 aliphatic carbocycles. The van der Waals surface area contributed by atoms with E-state index in [2.05, 4.69) is 29.8 Å². The molecular weight excluding hydrogens is 260 g/mol. The Morgan fingerprint density at radius 1 is 1.45 bits per heavy atom. The first-order valence-electron chi connectivity index (χ1n) is 7.08. The maximum atomic E-state index is 12.1. The number of hydrogen-bond donors (Lipinski definition) is 3. The second-order valence-electron chi connectivity index (χ2n) is 5.77. The lowest BCUT2D eigenvalue weighted by atomic mass is 9.99. The van der Waals surface area contributed by atoms with E-state index in [-0.39, 0.29) is 18.4 Å². The van der Waals surface area contributed by atoms with E-state index in [0.29, 0.717) is 25.4 Å². The minimum Gasteiger partial charge on any atom is -0.340 e. The van der Waals surface area contributed by atoms with E-state index in [4.69, 9.17) is 0 Å². The molecule has 20 heavy (non-hydrogen) atoms. The van der Waals surface area contributed by atoms with Crippen molar-refractivity contribution in [3.8, 4) is 0 Å². The lowest BCUT2D eigenvalue weighted by Gasteiger charge is -2.21. The summed E-state index contributed by atoms with van der Waals surface area (Å²) < 4.78 is 0. The second kappa shape index (κ2) is 5.78. The van der Waals surface area contributed by atoms with E-state index < -0.39 is 11.6 Å². The summed E-state index contributed by atoms with van der Waals surface area (Å²) in [7, 11) is 0. The molecule has 4 amide bonds. The van der Waals surface area contributed by atoms with Gasteiger partial charge in [0.2, 0.25) is 5.91 Å². The van der Waals surface area contributed by atoms with E-state index in [1.54, 1.807) is 4.90 Å². The molecular formula is C13H22N4O3. The number of imide groups is 1. The van der Waals surface area contributed by atoms with E-state index >= 15 is 0 Å². The molecule has 0 radical (unpaired) electrons. The Morgan fingerprint density at radius 2 is 2.20 bits per heavy atom. The summed E-state index contributed by atoms with van der Waals surface area (Å²) in [6, 6.07) is -0.0528. The smallest absolute Gasteiger partial charge is 0.322 e. The zero-order valence-electron chi connectivity index (χ0n) is 12.0. The normalized spacial score (nSPS) is 25.4. The molecule has 0 aromatic carbocycles. The maximum Gasteiger partial charge on any atom is 0.322 e. The van der Waals surface area contributed by atoms with Crippen molar-refractivity contribution >= 4 is 17.8 Å².